The number of aliphatic carboxylic acids is 1. The number of carboxylic acids is 1. The summed E-state index contributed by atoms with van der Waals surface area (Å²) < 4.78 is 0. The van der Waals surface area contributed by atoms with Crippen LogP contribution in [0.2, 0.25) is 0 Å². The Morgan fingerprint density at radius 2 is 1.82 bits per heavy atom. The summed E-state index contributed by atoms with van der Waals surface area (Å²) in [6.45, 7) is 2.20. The number of hydrogen-bond acceptors (Lipinski definition) is 4. The smallest absolute Gasteiger partial charge is 0.327 e. The van der Waals surface area contributed by atoms with Gasteiger partial charge in [0.1, 0.15) is 0 Å². The average molecular weight is 299 g/mol. The van der Waals surface area contributed by atoms with Crippen LogP contribution in [0.3, 0.4) is 0 Å². The van der Waals surface area contributed by atoms with Crippen LogP contribution in [0.1, 0.15) is 22.7 Å². The Balaban J connectivity index is 2.29. The van der Waals surface area contributed by atoms with Gasteiger partial charge in [0.15, 0.2) is 6.04 Å². The molecule has 0 spiro atoms. The van der Waals surface area contributed by atoms with Gasteiger partial charge in [-0.2, -0.15) is 5.01 Å². The Hall–Kier alpha value is -2.73. The summed E-state index contributed by atoms with van der Waals surface area (Å²) >= 11 is 0. The molecule has 2 N–H and O–H groups in total. The summed E-state index contributed by atoms with van der Waals surface area (Å²) in [5, 5.41) is 13.5. The zero-order valence-corrected chi connectivity index (χ0v) is 12.1. The standard InChI is InChI=1S/C16H17N3O3/c1-12-7-9-13(10-8-12)11-19(17-18-22)15(16(20)21)14-5-3-2-4-6-14/h2-10,15H,11H2,1H3,(H,17,22)(H,20,21). The van der Waals surface area contributed by atoms with Gasteiger partial charge in [-0.15, -0.1) is 4.91 Å². The summed E-state index contributed by atoms with van der Waals surface area (Å²) in [4.78, 5) is 22.3. The number of hydrogen-bond donors (Lipinski definition) is 2. The van der Waals surface area contributed by atoms with Gasteiger partial charge in [0.25, 0.3) is 0 Å². The van der Waals surface area contributed by atoms with Crippen molar-refractivity contribution < 1.29 is 9.90 Å². The highest BCUT2D eigenvalue weighted by Gasteiger charge is 2.28. The third-order valence-corrected chi connectivity index (χ3v) is 3.30. The molecule has 0 heterocycles. The number of carboxylic acid groups (broad SMARTS) is 1. The van der Waals surface area contributed by atoms with Gasteiger partial charge in [-0.1, -0.05) is 60.2 Å². The number of nitroso groups, excluding NO2 is 1. The third-order valence-electron chi connectivity index (χ3n) is 3.30. The minimum absolute atomic E-state index is 0.234. The molecule has 0 aliphatic heterocycles. The van der Waals surface area contributed by atoms with Gasteiger partial charge in [0.2, 0.25) is 0 Å². The van der Waals surface area contributed by atoms with Crippen LogP contribution in [0, 0.1) is 11.8 Å². The molecule has 0 aliphatic carbocycles. The lowest BCUT2D eigenvalue weighted by Gasteiger charge is -2.26. The van der Waals surface area contributed by atoms with Gasteiger partial charge in [-0.3, -0.25) is 4.79 Å². The number of nitrogens with zero attached hydrogens (tertiary/aromatic N) is 2. The summed E-state index contributed by atoms with van der Waals surface area (Å²) in [7, 11) is 0. The molecular formula is C16H17N3O3. The van der Waals surface area contributed by atoms with Crippen molar-refractivity contribution >= 4 is 5.97 Å². The van der Waals surface area contributed by atoms with Gasteiger partial charge in [0.05, 0.1) is 5.29 Å². The first-order chi connectivity index (χ1) is 10.6. The van der Waals surface area contributed by atoms with Crippen molar-refractivity contribution in [3.63, 3.8) is 0 Å². The zero-order chi connectivity index (χ0) is 15.9. The van der Waals surface area contributed by atoms with E-state index in [2.05, 4.69) is 10.8 Å². The van der Waals surface area contributed by atoms with Crippen LogP contribution >= 0.6 is 0 Å². The van der Waals surface area contributed by atoms with Crippen molar-refractivity contribution in [2.45, 2.75) is 19.5 Å². The van der Waals surface area contributed by atoms with E-state index < -0.39 is 12.0 Å². The summed E-state index contributed by atoms with van der Waals surface area (Å²) in [6, 6.07) is 15.3. The van der Waals surface area contributed by atoms with Gasteiger partial charge >= 0.3 is 5.97 Å². The van der Waals surface area contributed by atoms with E-state index in [0.717, 1.165) is 11.1 Å². The lowest BCUT2D eigenvalue weighted by molar-refractivity contribution is -0.145. The Morgan fingerprint density at radius 3 is 2.36 bits per heavy atom. The van der Waals surface area contributed by atoms with E-state index in [1.807, 2.05) is 31.2 Å². The molecule has 0 fully saturated rings. The Morgan fingerprint density at radius 1 is 1.18 bits per heavy atom. The molecule has 0 aromatic heterocycles. The molecular weight excluding hydrogens is 282 g/mol. The number of benzene rings is 2. The average Bonchev–Trinajstić information content (AvgIpc) is 2.51. The van der Waals surface area contributed by atoms with Crippen molar-refractivity contribution in [2.75, 3.05) is 0 Å². The molecule has 2 aromatic rings. The first-order valence-electron chi connectivity index (χ1n) is 6.79. The van der Waals surface area contributed by atoms with Gasteiger partial charge in [0, 0.05) is 6.54 Å². The highest BCUT2D eigenvalue weighted by Crippen LogP contribution is 2.21. The number of rotatable bonds is 7. The second-order valence-corrected chi connectivity index (χ2v) is 4.96. The monoisotopic (exact) mass is 299 g/mol. The third kappa shape index (κ3) is 3.89. The predicted molar refractivity (Wildman–Crippen MR) is 82.5 cm³/mol. The quantitative estimate of drug-likeness (QED) is 0.607. The zero-order valence-electron chi connectivity index (χ0n) is 12.1. The predicted octanol–water partition coefficient (Wildman–Crippen LogP) is 2.81. The molecule has 0 radical (unpaired) electrons. The van der Waals surface area contributed by atoms with E-state index in [9.17, 15) is 14.8 Å². The van der Waals surface area contributed by atoms with Crippen molar-refractivity contribution in [2.24, 2.45) is 5.29 Å². The van der Waals surface area contributed by atoms with Gasteiger partial charge in [-0.25, -0.2) is 5.53 Å². The highest BCUT2D eigenvalue weighted by molar-refractivity contribution is 5.75. The normalized spacial score (nSPS) is 11.9. The van der Waals surface area contributed by atoms with E-state index in [-0.39, 0.29) is 6.54 Å². The Labute approximate surface area is 128 Å². The summed E-state index contributed by atoms with van der Waals surface area (Å²) in [5.74, 6) is -1.06. The first kappa shape index (κ1) is 15.7. The molecule has 6 nitrogen and oxygen atoms in total. The largest absolute Gasteiger partial charge is 0.480 e. The molecule has 0 aliphatic rings. The van der Waals surface area contributed by atoms with Crippen molar-refractivity contribution in [3.05, 3.63) is 76.2 Å². The Kier molecular flexibility index (Phi) is 5.21. The molecule has 114 valence electrons. The minimum atomic E-state index is -1.06. The maximum absolute atomic E-state index is 11.6. The molecule has 2 aromatic carbocycles. The first-order valence-corrected chi connectivity index (χ1v) is 6.79. The lowest BCUT2D eigenvalue weighted by atomic mass is 10.1. The van der Waals surface area contributed by atoms with Crippen LogP contribution < -0.4 is 5.53 Å². The second kappa shape index (κ2) is 7.33. The maximum Gasteiger partial charge on any atom is 0.327 e. The Bertz CT molecular complexity index is 629. The fourth-order valence-corrected chi connectivity index (χ4v) is 2.22. The number of hydrazine groups is 1. The number of carbonyl (C=O) groups is 1. The molecule has 2 rings (SSSR count). The van der Waals surface area contributed by atoms with Crippen LogP contribution in [0.5, 0.6) is 0 Å². The molecule has 0 saturated heterocycles. The molecule has 22 heavy (non-hydrogen) atoms. The van der Waals surface area contributed by atoms with Crippen LogP contribution in [0.25, 0.3) is 0 Å². The number of aryl methyl sites for hydroxylation is 1. The van der Waals surface area contributed by atoms with Crippen LogP contribution in [-0.2, 0) is 11.3 Å². The van der Waals surface area contributed by atoms with Crippen LogP contribution in [-0.4, -0.2) is 16.1 Å². The van der Waals surface area contributed by atoms with Gasteiger partial charge < -0.3 is 5.11 Å². The van der Waals surface area contributed by atoms with E-state index in [1.165, 1.54) is 5.01 Å². The molecule has 0 amide bonds. The van der Waals surface area contributed by atoms with E-state index in [1.54, 1.807) is 30.3 Å². The summed E-state index contributed by atoms with van der Waals surface area (Å²) in [6.07, 6.45) is 0. The van der Waals surface area contributed by atoms with Crippen molar-refractivity contribution in [1.29, 1.82) is 0 Å². The van der Waals surface area contributed by atoms with E-state index >= 15 is 0 Å². The molecule has 0 saturated carbocycles. The highest BCUT2D eigenvalue weighted by atomic mass is 16.4. The van der Waals surface area contributed by atoms with E-state index in [0.29, 0.717) is 5.56 Å². The molecule has 0 bridgehead atoms. The fraction of sp³-hybridized carbons (Fsp3) is 0.188. The topological polar surface area (TPSA) is 82.0 Å². The minimum Gasteiger partial charge on any atom is -0.480 e. The molecule has 1 atom stereocenters. The van der Waals surface area contributed by atoms with Crippen molar-refractivity contribution in [1.82, 2.24) is 10.5 Å². The van der Waals surface area contributed by atoms with Crippen LogP contribution in [0.4, 0.5) is 0 Å². The second-order valence-electron chi connectivity index (χ2n) is 4.96. The fourth-order valence-electron chi connectivity index (χ4n) is 2.22. The number of nitrogens with one attached hydrogen (secondary N) is 1. The maximum atomic E-state index is 11.6. The van der Waals surface area contributed by atoms with Crippen molar-refractivity contribution in [3.8, 4) is 0 Å². The SMILES string of the molecule is Cc1ccc(CN(NN=O)C(C(=O)O)c2ccccc2)cc1. The molecule has 6 heteroatoms. The van der Waals surface area contributed by atoms with Crippen LogP contribution in [0.15, 0.2) is 59.9 Å². The summed E-state index contributed by atoms with van der Waals surface area (Å²) in [5.41, 5.74) is 4.80. The molecule has 1 unspecified atom stereocenters. The lowest BCUT2D eigenvalue weighted by Crippen LogP contribution is -2.40. The van der Waals surface area contributed by atoms with E-state index in [4.69, 9.17) is 0 Å². The van der Waals surface area contributed by atoms with Gasteiger partial charge in [-0.05, 0) is 18.1 Å².